The van der Waals surface area contributed by atoms with Crippen LogP contribution in [0.4, 0.5) is 5.82 Å². The Morgan fingerprint density at radius 1 is 1.03 bits per heavy atom. The maximum Gasteiger partial charge on any atom is 0.239 e. The van der Waals surface area contributed by atoms with E-state index in [1.54, 1.807) is 12.1 Å². The molecule has 0 radical (unpaired) electrons. The fraction of sp³-hybridized carbons (Fsp3) is 0.250. The summed E-state index contributed by atoms with van der Waals surface area (Å²) in [5.41, 5.74) is 18.0. The van der Waals surface area contributed by atoms with Crippen LogP contribution < -0.4 is 38.1 Å². The number of nitrogens with two attached hydrogens (primary N) is 2. The summed E-state index contributed by atoms with van der Waals surface area (Å²) in [6.45, 7) is 0.450. The minimum absolute atomic E-state index is 0.0874. The van der Waals surface area contributed by atoms with E-state index in [0.717, 1.165) is 0 Å². The number of sulfone groups is 1. The molecular formula is C16H20N10O4S2. The highest BCUT2D eigenvalue weighted by Crippen LogP contribution is 2.38. The van der Waals surface area contributed by atoms with E-state index < -0.39 is 36.2 Å². The van der Waals surface area contributed by atoms with E-state index in [1.807, 2.05) is 0 Å². The van der Waals surface area contributed by atoms with Gasteiger partial charge in [0.25, 0.3) is 0 Å². The van der Waals surface area contributed by atoms with Crippen LogP contribution in [0.3, 0.4) is 0 Å². The second-order valence-corrected chi connectivity index (χ2v) is 11.1. The number of aromatic nitrogens is 3. The Bertz CT molecular complexity index is 1430. The molecule has 32 heavy (non-hydrogen) atoms. The number of imidazole rings is 1. The normalized spacial score (nSPS) is 18.3. The smallest absolute Gasteiger partial charge is 0.239 e. The number of rotatable bonds is 5. The number of benzene rings is 1. The predicted molar refractivity (Wildman–Crippen MR) is 113 cm³/mol. The number of anilines is 1. The van der Waals surface area contributed by atoms with Gasteiger partial charge in [-0.25, -0.2) is 42.3 Å². The van der Waals surface area contributed by atoms with Gasteiger partial charge in [-0.05, 0) is 18.2 Å². The van der Waals surface area contributed by atoms with Crippen LogP contribution in [0, 0.1) is 0 Å². The lowest BCUT2D eigenvalue weighted by Gasteiger charge is -2.28. The van der Waals surface area contributed by atoms with Gasteiger partial charge in [-0.15, -0.1) is 5.10 Å². The molecular weight excluding hydrogens is 460 g/mol. The Hall–Kier alpha value is -2.70. The summed E-state index contributed by atoms with van der Waals surface area (Å²) in [5, 5.41) is 12.0. The number of hydrazine groups is 3. The molecule has 2 saturated heterocycles. The topological polar surface area (TPSA) is 211 Å². The number of sulfonamides is 1. The molecule has 5 rings (SSSR count). The van der Waals surface area contributed by atoms with E-state index in [0.29, 0.717) is 16.9 Å². The van der Waals surface area contributed by atoms with Crippen molar-refractivity contribution < 1.29 is 16.8 Å². The van der Waals surface area contributed by atoms with Crippen LogP contribution >= 0.6 is 0 Å². The molecule has 0 amide bonds. The quantitative estimate of drug-likeness (QED) is 0.202. The summed E-state index contributed by atoms with van der Waals surface area (Å²) in [6.07, 6.45) is 0.632. The maximum atomic E-state index is 13.2. The number of nitrogens with zero attached hydrogens (tertiary/aromatic N) is 3. The van der Waals surface area contributed by atoms with Crippen molar-refractivity contribution in [3.8, 4) is 11.3 Å². The van der Waals surface area contributed by atoms with Gasteiger partial charge in [-0.1, -0.05) is 6.07 Å². The molecule has 16 heteroatoms. The molecule has 0 bridgehead atoms. The van der Waals surface area contributed by atoms with E-state index in [1.165, 1.54) is 22.8 Å². The number of hydrogen-bond donors (Lipinski definition) is 7. The van der Waals surface area contributed by atoms with Gasteiger partial charge < -0.3 is 11.1 Å². The van der Waals surface area contributed by atoms with Gasteiger partial charge in [0.05, 0.1) is 22.0 Å². The first-order valence-electron chi connectivity index (χ1n) is 9.44. The molecule has 2 aliphatic rings. The summed E-state index contributed by atoms with van der Waals surface area (Å²) in [7, 11) is -8.47. The van der Waals surface area contributed by atoms with Crippen molar-refractivity contribution >= 4 is 31.3 Å². The van der Waals surface area contributed by atoms with Gasteiger partial charge in [0.1, 0.15) is 16.9 Å². The molecule has 1 aromatic carbocycles. The van der Waals surface area contributed by atoms with Gasteiger partial charge in [0.2, 0.25) is 10.0 Å². The molecule has 4 heterocycles. The standard InChI is InChI=1S/C16H20N10O4S2/c17-12-3-4-13-20-7-10(26(13)23-12)9-1-2-11(31(27,28)8-5-19-6-8)15(32(18,29)30)14(9)16-21-24-25-22-16/h1-4,7-8,16,19,21-22,24-25H,5-6H2,(H2,17,23)(H2,18,29,30). The lowest BCUT2D eigenvalue weighted by Crippen LogP contribution is -2.51. The van der Waals surface area contributed by atoms with Crippen molar-refractivity contribution in [3.63, 3.8) is 0 Å². The maximum absolute atomic E-state index is 13.2. The summed E-state index contributed by atoms with van der Waals surface area (Å²) in [5.74, 6) is 0.224. The van der Waals surface area contributed by atoms with Crippen molar-refractivity contribution in [3.05, 3.63) is 36.0 Å². The van der Waals surface area contributed by atoms with Gasteiger partial charge in [-0.3, -0.25) is 0 Å². The highest BCUT2D eigenvalue weighted by atomic mass is 32.2. The average molecular weight is 481 g/mol. The minimum Gasteiger partial charge on any atom is -0.382 e. The predicted octanol–water partition coefficient (Wildman–Crippen LogP) is -2.51. The van der Waals surface area contributed by atoms with Crippen molar-refractivity contribution in [1.29, 1.82) is 0 Å². The molecule has 0 saturated carbocycles. The summed E-state index contributed by atoms with van der Waals surface area (Å²) in [6, 6.07) is 6.01. The van der Waals surface area contributed by atoms with Crippen LogP contribution in [-0.4, -0.2) is 49.8 Å². The number of hydrogen-bond acceptors (Lipinski definition) is 12. The average Bonchev–Trinajstić information content (AvgIpc) is 3.34. The molecule has 2 aromatic heterocycles. The summed E-state index contributed by atoms with van der Waals surface area (Å²) in [4.78, 5) is 3.42. The lowest BCUT2D eigenvalue weighted by molar-refractivity contribution is 0.491. The molecule has 2 fully saturated rings. The third kappa shape index (κ3) is 3.33. The summed E-state index contributed by atoms with van der Waals surface area (Å²) >= 11 is 0. The SMILES string of the molecule is Nc1ccc2ncc(-c3ccc(S(=O)(=O)C4CNC4)c(S(N)(=O)=O)c3C3NNNN3)n2n1. The zero-order valence-corrected chi connectivity index (χ0v) is 18.0. The monoisotopic (exact) mass is 480 g/mol. The largest absolute Gasteiger partial charge is 0.382 e. The Morgan fingerprint density at radius 2 is 1.75 bits per heavy atom. The Balaban J connectivity index is 1.85. The van der Waals surface area contributed by atoms with E-state index in [4.69, 9.17) is 10.9 Å². The third-order valence-electron chi connectivity index (χ3n) is 5.38. The number of nitrogens with one attached hydrogen (secondary N) is 5. The van der Waals surface area contributed by atoms with Crippen LogP contribution in [0.1, 0.15) is 11.7 Å². The van der Waals surface area contributed by atoms with E-state index in [2.05, 4.69) is 37.3 Å². The first kappa shape index (κ1) is 21.2. The lowest BCUT2D eigenvalue weighted by atomic mass is 10.0. The first-order chi connectivity index (χ1) is 15.2. The Labute approximate surface area is 182 Å². The van der Waals surface area contributed by atoms with Crippen LogP contribution in [0.2, 0.25) is 0 Å². The van der Waals surface area contributed by atoms with Gasteiger partial charge in [0.15, 0.2) is 15.5 Å². The summed E-state index contributed by atoms with van der Waals surface area (Å²) < 4.78 is 53.5. The van der Waals surface area contributed by atoms with Crippen LogP contribution in [0.5, 0.6) is 0 Å². The molecule has 3 aromatic rings. The van der Waals surface area contributed by atoms with Crippen molar-refractivity contribution in [1.82, 2.24) is 41.8 Å². The molecule has 14 nitrogen and oxygen atoms in total. The van der Waals surface area contributed by atoms with Gasteiger partial charge in [0, 0.05) is 24.2 Å². The second-order valence-electron chi connectivity index (χ2n) is 7.37. The van der Waals surface area contributed by atoms with Gasteiger partial charge >= 0.3 is 0 Å². The fourth-order valence-electron chi connectivity index (χ4n) is 3.74. The minimum atomic E-state index is -4.49. The van der Waals surface area contributed by atoms with Crippen molar-refractivity contribution in [2.45, 2.75) is 21.2 Å². The van der Waals surface area contributed by atoms with Crippen LogP contribution in [0.15, 0.2) is 40.3 Å². The Kier molecular flexibility index (Phi) is 4.91. The van der Waals surface area contributed by atoms with E-state index in [9.17, 15) is 16.8 Å². The molecule has 9 N–H and O–H groups in total. The fourth-order valence-corrected chi connectivity index (χ4v) is 6.98. The highest BCUT2D eigenvalue weighted by molar-refractivity contribution is 7.94. The zero-order chi connectivity index (χ0) is 22.7. The van der Waals surface area contributed by atoms with Crippen molar-refractivity contribution in [2.24, 2.45) is 5.14 Å². The second kappa shape index (κ2) is 7.42. The molecule has 170 valence electrons. The molecule has 0 aliphatic carbocycles. The highest BCUT2D eigenvalue weighted by Gasteiger charge is 2.39. The van der Waals surface area contributed by atoms with E-state index >= 15 is 0 Å². The molecule has 0 unspecified atom stereocenters. The van der Waals surface area contributed by atoms with Crippen molar-refractivity contribution in [2.75, 3.05) is 18.8 Å². The van der Waals surface area contributed by atoms with Crippen LogP contribution in [-0.2, 0) is 19.9 Å². The molecule has 0 atom stereocenters. The molecule has 0 spiro atoms. The molecule has 2 aliphatic heterocycles. The zero-order valence-electron chi connectivity index (χ0n) is 16.4. The number of primary sulfonamides is 1. The Morgan fingerprint density at radius 3 is 2.38 bits per heavy atom. The van der Waals surface area contributed by atoms with Gasteiger partial charge in [-0.2, -0.15) is 11.1 Å². The van der Waals surface area contributed by atoms with Crippen LogP contribution in [0.25, 0.3) is 16.9 Å². The number of nitrogen functional groups attached to an aromatic ring is 1. The third-order valence-corrected chi connectivity index (χ3v) is 8.68. The van der Waals surface area contributed by atoms with E-state index in [-0.39, 0.29) is 29.4 Å². The number of fused-ring (bicyclic) bond motifs is 1. The first-order valence-corrected chi connectivity index (χ1v) is 12.5.